The average Bonchev–Trinajstić information content (AvgIpc) is 3.42. The number of carbonyl (C=O) groups is 1. The Morgan fingerprint density at radius 1 is 1.12 bits per heavy atom. The maximum atomic E-state index is 13.1. The molecule has 4 rings (SSSR count). The third kappa shape index (κ3) is 2.82. The zero-order valence-electron chi connectivity index (χ0n) is 13.4. The summed E-state index contributed by atoms with van der Waals surface area (Å²) < 4.78 is 18.5. The maximum absolute atomic E-state index is 13.1. The van der Waals surface area contributed by atoms with Gasteiger partial charge in [-0.3, -0.25) is 9.59 Å². The number of esters is 1. The van der Waals surface area contributed by atoms with E-state index in [1.54, 1.807) is 18.2 Å². The number of fused-ring (bicyclic) bond motifs is 1. The fourth-order valence-electron chi connectivity index (χ4n) is 3.09. The summed E-state index contributed by atoms with van der Waals surface area (Å²) in [5.41, 5.74) is 0.941. The van der Waals surface area contributed by atoms with E-state index in [-0.39, 0.29) is 24.0 Å². The molecule has 5 heteroatoms. The van der Waals surface area contributed by atoms with Crippen LogP contribution in [0.4, 0.5) is 4.39 Å². The number of rotatable bonds is 4. The van der Waals surface area contributed by atoms with Gasteiger partial charge in [0.25, 0.3) is 5.56 Å². The highest BCUT2D eigenvalue weighted by Crippen LogP contribution is 2.49. The molecule has 1 heterocycles. The van der Waals surface area contributed by atoms with Crippen LogP contribution in [0.25, 0.3) is 10.9 Å². The van der Waals surface area contributed by atoms with Crippen LogP contribution in [0.2, 0.25) is 0 Å². The summed E-state index contributed by atoms with van der Waals surface area (Å²) >= 11 is 0. The van der Waals surface area contributed by atoms with Crippen molar-refractivity contribution in [2.45, 2.75) is 24.9 Å². The standard InChI is InChI=1S/C20H16FNO3/c21-16-7-5-15(6-8-16)20(9-10-20)19(24)25-12-14-11-13-3-1-2-4-17(13)22-18(14)23/h1-8,11H,9-10,12H2,(H,22,23). The second-order valence-corrected chi connectivity index (χ2v) is 6.38. The van der Waals surface area contributed by atoms with Gasteiger partial charge in [-0.2, -0.15) is 0 Å². The SMILES string of the molecule is O=C(OCc1cc2ccccc2[nH]c1=O)C1(c2ccc(F)cc2)CC1. The van der Waals surface area contributed by atoms with Crippen LogP contribution < -0.4 is 5.56 Å². The Morgan fingerprint density at radius 3 is 2.56 bits per heavy atom. The van der Waals surface area contributed by atoms with Crippen LogP contribution in [0.1, 0.15) is 24.0 Å². The Morgan fingerprint density at radius 2 is 1.84 bits per heavy atom. The van der Waals surface area contributed by atoms with E-state index in [4.69, 9.17) is 4.74 Å². The van der Waals surface area contributed by atoms with Gasteiger partial charge in [-0.25, -0.2) is 4.39 Å². The van der Waals surface area contributed by atoms with Crippen LogP contribution in [0.5, 0.6) is 0 Å². The maximum Gasteiger partial charge on any atom is 0.316 e. The number of aromatic amines is 1. The lowest BCUT2D eigenvalue weighted by Crippen LogP contribution is -2.24. The van der Waals surface area contributed by atoms with E-state index in [1.165, 1.54) is 12.1 Å². The lowest BCUT2D eigenvalue weighted by Gasteiger charge is -2.15. The highest BCUT2D eigenvalue weighted by atomic mass is 19.1. The van der Waals surface area contributed by atoms with Crippen molar-refractivity contribution in [3.8, 4) is 0 Å². The summed E-state index contributed by atoms with van der Waals surface area (Å²) in [6.07, 6.45) is 1.34. The van der Waals surface area contributed by atoms with Crippen LogP contribution in [0.3, 0.4) is 0 Å². The molecule has 0 radical (unpaired) electrons. The minimum absolute atomic E-state index is 0.0814. The molecule has 25 heavy (non-hydrogen) atoms. The summed E-state index contributed by atoms with van der Waals surface area (Å²) in [5.74, 6) is -0.706. The van der Waals surface area contributed by atoms with Gasteiger partial charge in [0.2, 0.25) is 0 Å². The van der Waals surface area contributed by atoms with Crippen LogP contribution in [0.15, 0.2) is 59.4 Å². The van der Waals surface area contributed by atoms with Crippen molar-refractivity contribution in [3.05, 3.63) is 81.9 Å². The molecule has 3 aromatic rings. The molecule has 0 bridgehead atoms. The topological polar surface area (TPSA) is 59.2 Å². The molecule has 2 aromatic carbocycles. The number of benzene rings is 2. The van der Waals surface area contributed by atoms with Crippen LogP contribution >= 0.6 is 0 Å². The van der Waals surface area contributed by atoms with Crippen molar-refractivity contribution in [1.82, 2.24) is 4.98 Å². The molecule has 4 nitrogen and oxygen atoms in total. The van der Waals surface area contributed by atoms with Crippen molar-refractivity contribution >= 4 is 16.9 Å². The molecule has 0 spiro atoms. The van der Waals surface area contributed by atoms with Gasteiger partial charge in [-0.15, -0.1) is 0 Å². The Labute approximate surface area is 143 Å². The van der Waals surface area contributed by atoms with E-state index >= 15 is 0 Å². The van der Waals surface area contributed by atoms with Gasteiger partial charge in [-0.1, -0.05) is 30.3 Å². The molecule has 1 saturated carbocycles. The molecule has 0 unspecified atom stereocenters. The Balaban J connectivity index is 1.53. The smallest absolute Gasteiger partial charge is 0.316 e. The quantitative estimate of drug-likeness (QED) is 0.742. The zero-order chi connectivity index (χ0) is 17.4. The number of ether oxygens (including phenoxy) is 1. The highest BCUT2D eigenvalue weighted by Gasteiger charge is 2.52. The molecule has 0 atom stereocenters. The second-order valence-electron chi connectivity index (χ2n) is 6.38. The third-order valence-electron chi connectivity index (χ3n) is 4.73. The molecule has 1 aliphatic rings. The average molecular weight is 337 g/mol. The first-order chi connectivity index (χ1) is 12.1. The number of aromatic nitrogens is 1. The first-order valence-electron chi connectivity index (χ1n) is 8.13. The Bertz CT molecular complexity index is 1000. The molecule has 0 aliphatic heterocycles. The molecular weight excluding hydrogens is 321 g/mol. The van der Waals surface area contributed by atoms with Gasteiger partial charge in [-0.05, 0) is 48.1 Å². The van der Waals surface area contributed by atoms with Crippen LogP contribution in [-0.4, -0.2) is 11.0 Å². The lowest BCUT2D eigenvalue weighted by molar-refractivity contribution is -0.148. The Kier molecular flexibility index (Phi) is 3.64. The second kappa shape index (κ2) is 5.84. The minimum atomic E-state index is -0.697. The molecule has 1 fully saturated rings. The molecule has 0 saturated heterocycles. The normalized spacial score (nSPS) is 15.1. The van der Waals surface area contributed by atoms with Gasteiger partial charge < -0.3 is 9.72 Å². The predicted octanol–water partition coefficient (Wildman–Crippen LogP) is 3.44. The van der Waals surface area contributed by atoms with E-state index < -0.39 is 5.41 Å². The van der Waals surface area contributed by atoms with E-state index in [2.05, 4.69) is 4.98 Å². The summed E-state index contributed by atoms with van der Waals surface area (Å²) in [7, 11) is 0. The summed E-state index contributed by atoms with van der Waals surface area (Å²) in [6, 6.07) is 15.1. The van der Waals surface area contributed by atoms with Crippen molar-refractivity contribution in [3.63, 3.8) is 0 Å². The first-order valence-corrected chi connectivity index (χ1v) is 8.13. The zero-order valence-corrected chi connectivity index (χ0v) is 13.4. The number of carbonyl (C=O) groups excluding carboxylic acids is 1. The number of hydrogen-bond acceptors (Lipinski definition) is 3. The van der Waals surface area contributed by atoms with E-state index in [1.807, 2.05) is 24.3 Å². The fraction of sp³-hybridized carbons (Fsp3) is 0.200. The number of H-pyrrole nitrogens is 1. The molecule has 0 amide bonds. The van der Waals surface area contributed by atoms with Crippen LogP contribution in [0, 0.1) is 5.82 Å². The fourth-order valence-corrected chi connectivity index (χ4v) is 3.09. The van der Waals surface area contributed by atoms with E-state index in [0.29, 0.717) is 18.4 Å². The number of para-hydroxylation sites is 1. The van der Waals surface area contributed by atoms with Gasteiger partial charge >= 0.3 is 5.97 Å². The van der Waals surface area contributed by atoms with E-state index in [9.17, 15) is 14.0 Å². The Hall–Kier alpha value is -2.95. The lowest BCUT2D eigenvalue weighted by atomic mass is 9.96. The molecular formula is C20H16FNO3. The molecule has 1 aliphatic carbocycles. The van der Waals surface area contributed by atoms with Gasteiger partial charge in [0, 0.05) is 5.52 Å². The first kappa shape index (κ1) is 15.6. The number of pyridine rings is 1. The largest absolute Gasteiger partial charge is 0.460 e. The van der Waals surface area contributed by atoms with Gasteiger partial charge in [0.1, 0.15) is 12.4 Å². The van der Waals surface area contributed by atoms with Crippen molar-refractivity contribution in [2.75, 3.05) is 0 Å². The van der Waals surface area contributed by atoms with Gasteiger partial charge in [0.05, 0.1) is 11.0 Å². The summed E-state index contributed by atoms with van der Waals surface area (Å²) in [6.45, 7) is -0.0814. The van der Waals surface area contributed by atoms with Crippen molar-refractivity contribution < 1.29 is 13.9 Å². The molecule has 126 valence electrons. The van der Waals surface area contributed by atoms with Crippen molar-refractivity contribution in [1.29, 1.82) is 0 Å². The summed E-state index contributed by atoms with van der Waals surface area (Å²) in [4.78, 5) is 27.4. The van der Waals surface area contributed by atoms with Gasteiger partial charge in [0.15, 0.2) is 0 Å². The van der Waals surface area contributed by atoms with E-state index in [0.717, 1.165) is 16.5 Å². The number of hydrogen-bond donors (Lipinski definition) is 1. The molecule has 1 aromatic heterocycles. The monoisotopic (exact) mass is 337 g/mol. The molecule has 1 N–H and O–H groups in total. The number of nitrogens with one attached hydrogen (secondary N) is 1. The third-order valence-corrected chi connectivity index (χ3v) is 4.73. The van der Waals surface area contributed by atoms with Crippen LogP contribution in [-0.2, 0) is 21.6 Å². The summed E-state index contributed by atoms with van der Waals surface area (Å²) in [5, 5.41) is 0.882. The highest BCUT2D eigenvalue weighted by molar-refractivity contribution is 5.86. The number of halogens is 1. The predicted molar refractivity (Wildman–Crippen MR) is 91.7 cm³/mol. The minimum Gasteiger partial charge on any atom is -0.460 e. The van der Waals surface area contributed by atoms with Crippen molar-refractivity contribution in [2.24, 2.45) is 0 Å².